The number of carbonyl (C=O) groups excluding carboxylic acids is 2. The Kier molecular flexibility index (Phi) is 4.12. The highest BCUT2D eigenvalue weighted by molar-refractivity contribution is 6.01. The highest BCUT2D eigenvalue weighted by Crippen LogP contribution is 2.31. The lowest BCUT2D eigenvalue weighted by atomic mass is 9.95. The van der Waals surface area contributed by atoms with E-state index in [2.05, 4.69) is 5.32 Å². The number of nitrogen functional groups attached to an aromatic ring is 1. The van der Waals surface area contributed by atoms with E-state index in [0.29, 0.717) is 23.5 Å². The van der Waals surface area contributed by atoms with E-state index >= 15 is 0 Å². The molecule has 1 aromatic rings. The maximum atomic E-state index is 11.8. The third-order valence-corrected chi connectivity index (χ3v) is 3.69. The highest BCUT2D eigenvalue weighted by Gasteiger charge is 2.28. The van der Waals surface area contributed by atoms with E-state index in [-0.39, 0.29) is 11.8 Å². The number of nitrogens with two attached hydrogens (primary N) is 2. The van der Waals surface area contributed by atoms with Crippen molar-refractivity contribution in [1.29, 1.82) is 0 Å². The van der Waals surface area contributed by atoms with Gasteiger partial charge >= 0.3 is 0 Å². The molecule has 1 heterocycles. The average Bonchev–Trinajstić information content (AvgIpc) is 2.46. The SMILES string of the molecule is CNC(=O)C1CCCN(c2c(N)cccc2C(N)=O)C1. The number of nitrogens with zero attached hydrogens (tertiary/aromatic N) is 1. The first kappa shape index (κ1) is 14.2. The molecule has 6 nitrogen and oxygen atoms in total. The Hall–Kier alpha value is -2.24. The lowest BCUT2D eigenvalue weighted by Crippen LogP contribution is -2.43. The number of hydrogen-bond acceptors (Lipinski definition) is 4. The van der Waals surface area contributed by atoms with Crippen molar-refractivity contribution in [2.45, 2.75) is 12.8 Å². The predicted octanol–water partition coefficient (Wildman–Crippen LogP) is 0.330. The Morgan fingerprint density at radius 3 is 2.80 bits per heavy atom. The molecular formula is C14H20N4O2. The normalized spacial score (nSPS) is 18.6. The van der Waals surface area contributed by atoms with Crippen molar-refractivity contribution in [1.82, 2.24) is 5.32 Å². The summed E-state index contributed by atoms with van der Waals surface area (Å²) in [6.07, 6.45) is 1.72. The maximum Gasteiger partial charge on any atom is 0.250 e. The van der Waals surface area contributed by atoms with E-state index in [4.69, 9.17) is 11.5 Å². The van der Waals surface area contributed by atoms with Gasteiger partial charge in [0.2, 0.25) is 5.91 Å². The van der Waals surface area contributed by atoms with Gasteiger partial charge in [0.25, 0.3) is 5.91 Å². The molecule has 5 N–H and O–H groups in total. The minimum atomic E-state index is -0.505. The van der Waals surface area contributed by atoms with Crippen molar-refractivity contribution in [3.8, 4) is 0 Å². The van der Waals surface area contributed by atoms with Gasteiger partial charge in [-0.25, -0.2) is 0 Å². The zero-order valence-electron chi connectivity index (χ0n) is 11.6. The molecule has 0 bridgehead atoms. The number of anilines is 2. The Labute approximate surface area is 118 Å². The second-order valence-corrected chi connectivity index (χ2v) is 5.01. The zero-order valence-corrected chi connectivity index (χ0v) is 11.6. The first-order valence-electron chi connectivity index (χ1n) is 6.69. The summed E-state index contributed by atoms with van der Waals surface area (Å²) in [6.45, 7) is 1.32. The van der Waals surface area contributed by atoms with Gasteiger partial charge in [-0.3, -0.25) is 9.59 Å². The molecule has 0 saturated carbocycles. The molecule has 1 aromatic carbocycles. The van der Waals surface area contributed by atoms with Crippen molar-refractivity contribution in [2.24, 2.45) is 11.7 Å². The first-order chi connectivity index (χ1) is 9.54. The molecule has 1 atom stereocenters. The number of hydrogen-bond donors (Lipinski definition) is 3. The van der Waals surface area contributed by atoms with Crippen molar-refractivity contribution in [3.05, 3.63) is 23.8 Å². The summed E-state index contributed by atoms with van der Waals surface area (Å²) < 4.78 is 0. The molecular weight excluding hydrogens is 256 g/mol. The number of piperidine rings is 1. The van der Waals surface area contributed by atoms with Crippen molar-refractivity contribution < 1.29 is 9.59 Å². The van der Waals surface area contributed by atoms with Gasteiger partial charge in [-0.15, -0.1) is 0 Å². The number of para-hydroxylation sites is 1. The van der Waals surface area contributed by atoms with Gasteiger partial charge in [-0.1, -0.05) is 6.07 Å². The van der Waals surface area contributed by atoms with E-state index < -0.39 is 5.91 Å². The second kappa shape index (κ2) is 5.81. The standard InChI is InChI=1S/C14H20N4O2/c1-17-14(20)9-4-3-7-18(8-9)12-10(13(16)19)5-2-6-11(12)15/h2,5-6,9H,3-4,7-8,15H2,1H3,(H2,16,19)(H,17,20). The van der Waals surface area contributed by atoms with E-state index in [1.54, 1.807) is 25.2 Å². The number of carbonyl (C=O) groups is 2. The van der Waals surface area contributed by atoms with Gasteiger partial charge in [0, 0.05) is 20.1 Å². The topological polar surface area (TPSA) is 101 Å². The molecule has 20 heavy (non-hydrogen) atoms. The first-order valence-corrected chi connectivity index (χ1v) is 6.69. The molecule has 0 aliphatic carbocycles. The summed E-state index contributed by atoms with van der Waals surface area (Å²) in [7, 11) is 1.63. The Morgan fingerprint density at radius 1 is 1.40 bits per heavy atom. The molecule has 1 saturated heterocycles. The average molecular weight is 276 g/mol. The summed E-state index contributed by atoms with van der Waals surface area (Å²) in [4.78, 5) is 25.3. The van der Waals surface area contributed by atoms with Crippen molar-refractivity contribution in [3.63, 3.8) is 0 Å². The van der Waals surface area contributed by atoms with E-state index in [1.807, 2.05) is 4.90 Å². The minimum Gasteiger partial charge on any atom is -0.397 e. The van der Waals surface area contributed by atoms with E-state index in [0.717, 1.165) is 19.4 Å². The van der Waals surface area contributed by atoms with Gasteiger partial charge in [0.05, 0.1) is 22.9 Å². The van der Waals surface area contributed by atoms with Gasteiger partial charge in [-0.05, 0) is 25.0 Å². The van der Waals surface area contributed by atoms with Crippen molar-refractivity contribution >= 4 is 23.2 Å². The largest absolute Gasteiger partial charge is 0.397 e. The third kappa shape index (κ3) is 2.68. The van der Waals surface area contributed by atoms with Gasteiger partial charge < -0.3 is 21.7 Å². The molecule has 0 aromatic heterocycles. The smallest absolute Gasteiger partial charge is 0.250 e. The summed E-state index contributed by atoms with van der Waals surface area (Å²) in [5.74, 6) is -0.576. The monoisotopic (exact) mass is 276 g/mol. The number of amides is 2. The van der Waals surface area contributed by atoms with Crippen LogP contribution < -0.4 is 21.7 Å². The number of nitrogens with one attached hydrogen (secondary N) is 1. The number of rotatable bonds is 3. The summed E-state index contributed by atoms with van der Waals surface area (Å²) in [5, 5.41) is 2.67. The van der Waals surface area contributed by atoms with Crippen LogP contribution in [0.25, 0.3) is 0 Å². The van der Waals surface area contributed by atoms with Gasteiger partial charge in [-0.2, -0.15) is 0 Å². The van der Waals surface area contributed by atoms with Crippen LogP contribution in [0.4, 0.5) is 11.4 Å². The molecule has 108 valence electrons. The predicted molar refractivity (Wildman–Crippen MR) is 78.4 cm³/mol. The fourth-order valence-electron chi connectivity index (χ4n) is 2.71. The molecule has 0 spiro atoms. The van der Waals surface area contributed by atoms with Crippen LogP contribution in [0.2, 0.25) is 0 Å². The quantitative estimate of drug-likeness (QED) is 0.692. The molecule has 1 unspecified atom stereocenters. The summed E-state index contributed by atoms with van der Waals surface area (Å²) in [5.41, 5.74) is 13.0. The third-order valence-electron chi connectivity index (χ3n) is 3.69. The lowest BCUT2D eigenvalue weighted by molar-refractivity contribution is -0.124. The van der Waals surface area contributed by atoms with Crippen LogP contribution in [-0.4, -0.2) is 32.0 Å². The van der Waals surface area contributed by atoms with Crippen molar-refractivity contribution in [2.75, 3.05) is 30.8 Å². The Balaban J connectivity index is 2.31. The van der Waals surface area contributed by atoms with Crippen LogP contribution in [0.1, 0.15) is 23.2 Å². The van der Waals surface area contributed by atoms with Crippen LogP contribution >= 0.6 is 0 Å². The van der Waals surface area contributed by atoms with Crippen LogP contribution in [0.15, 0.2) is 18.2 Å². The number of benzene rings is 1. The zero-order chi connectivity index (χ0) is 14.7. The molecule has 1 aliphatic heterocycles. The van der Waals surface area contributed by atoms with Gasteiger partial charge in [0.1, 0.15) is 0 Å². The second-order valence-electron chi connectivity index (χ2n) is 5.01. The molecule has 0 radical (unpaired) electrons. The molecule has 1 fully saturated rings. The van der Waals surface area contributed by atoms with E-state index in [9.17, 15) is 9.59 Å². The molecule has 1 aliphatic rings. The molecule has 2 amide bonds. The van der Waals surface area contributed by atoms with Gasteiger partial charge in [0.15, 0.2) is 0 Å². The maximum absolute atomic E-state index is 11.8. The molecule has 2 rings (SSSR count). The Morgan fingerprint density at radius 2 is 2.15 bits per heavy atom. The number of primary amides is 1. The summed E-state index contributed by atoms with van der Waals surface area (Å²) >= 11 is 0. The fourth-order valence-corrected chi connectivity index (χ4v) is 2.71. The van der Waals surface area contributed by atoms with Crippen LogP contribution in [0.5, 0.6) is 0 Å². The fraction of sp³-hybridized carbons (Fsp3) is 0.429. The van der Waals surface area contributed by atoms with E-state index in [1.165, 1.54) is 0 Å². The van der Waals surface area contributed by atoms with Crippen LogP contribution in [0, 0.1) is 5.92 Å². The lowest BCUT2D eigenvalue weighted by Gasteiger charge is -2.35. The van der Waals surface area contributed by atoms with Crippen LogP contribution in [-0.2, 0) is 4.79 Å². The molecule has 6 heteroatoms. The summed E-state index contributed by atoms with van der Waals surface area (Å²) in [6, 6.07) is 5.11. The van der Waals surface area contributed by atoms with Crippen LogP contribution in [0.3, 0.4) is 0 Å². The Bertz CT molecular complexity index is 530. The highest BCUT2D eigenvalue weighted by atomic mass is 16.2. The minimum absolute atomic E-state index is 0.0184.